The third kappa shape index (κ3) is 6.68. The van der Waals surface area contributed by atoms with Gasteiger partial charge in [-0.3, -0.25) is 4.79 Å². The first-order valence-corrected chi connectivity index (χ1v) is 6.97. The Morgan fingerprint density at radius 3 is 2.33 bits per heavy atom. The number of likely N-dealkylation sites (tertiary alicyclic amines) is 1. The predicted molar refractivity (Wildman–Crippen MR) is 69.9 cm³/mol. The van der Waals surface area contributed by atoms with Crippen LogP contribution in [0.1, 0.15) is 32.1 Å². The maximum Gasteiger partial charge on any atom is 0.390 e. The first-order chi connectivity index (χ1) is 9.69. The van der Waals surface area contributed by atoms with Crippen molar-refractivity contribution in [3.63, 3.8) is 0 Å². The molecule has 1 aliphatic rings. The second-order valence-electron chi connectivity index (χ2n) is 5.43. The number of carbonyl (C=O) groups is 2. The first-order valence-electron chi connectivity index (χ1n) is 6.97. The van der Waals surface area contributed by atoms with Crippen LogP contribution >= 0.6 is 0 Å². The Morgan fingerprint density at radius 1 is 1.29 bits per heavy atom. The first kappa shape index (κ1) is 17.6. The fraction of sp³-hybridized carbons (Fsp3) is 0.846. The molecule has 0 aromatic heterocycles. The summed E-state index contributed by atoms with van der Waals surface area (Å²) in [4.78, 5) is 25.1. The van der Waals surface area contributed by atoms with E-state index in [-0.39, 0.29) is 18.9 Å². The molecule has 21 heavy (non-hydrogen) atoms. The van der Waals surface area contributed by atoms with Crippen molar-refractivity contribution in [3.8, 4) is 0 Å². The number of carboxylic acids is 1. The van der Waals surface area contributed by atoms with Gasteiger partial charge in [0.25, 0.3) is 0 Å². The van der Waals surface area contributed by atoms with Crippen molar-refractivity contribution >= 4 is 12.0 Å². The average Bonchev–Trinajstić information content (AvgIpc) is 2.41. The zero-order valence-electron chi connectivity index (χ0n) is 12.0. The van der Waals surface area contributed by atoms with Gasteiger partial charge in [-0.25, -0.2) is 4.79 Å². The van der Waals surface area contributed by atoms with E-state index in [0.29, 0.717) is 32.4 Å². The van der Waals surface area contributed by atoms with E-state index >= 15 is 0 Å². The Kier molecular flexibility index (Phi) is 6.29. The van der Waals surface area contributed by atoms with E-state index in [0.717, 1.165) is 4.90 Å². The van der Waals surface area contributed by atoms with E-state index in [2.05, 4.69) is 0 Å². The lowest BCUT2D eigenvalue weighted by molar-refractivity contribution is -0.138. The van der Waals surface area contributed by atoms with Crippen molar-refractivity contribution < 1.29 is 27.9 Å². The molecule has 8 heteroatoms. The highest BCUT2D eigenvalue weighted by Gasteiger charge is 2.30. The Labute approximate surface area is 121 Å². The van der Waals surface area contributed by atoms with Crippen molar-refractivity contribution in [1.29, 1.82) is 0 Å². The number of urea groups is 1. The fourth-order valence-corrected chi connectivity index (χ4v) is 2.37. The van der Waals surface area contributed by atoms with Crippen LogP contribution in [-0.2, 0) is 4.79 Å². The monoisotopic (exact) mass is 310 g/mol. The molecule has 0 unspecified atom stereocenters. The molecular weight excluding hydrogens is 289 g/mol. The van der Waals surface area contributed by atoms with Crippen LogP contribution in [0.5, 0.6) is 0 Å². The normalized spacial score (nSPS) is 16.9. The Bertz CT molecular complexity index is 366. The van der Waals surface area contributed by atoms with Crippen molar-refractivity contribution in [2.45, 2.75) is 38.3 Å². The van der Waals surface area contributed by atoms with Crippen LogP contribution in [0.2, 0.25) is 0 Å². The molecule has 0 aromatic rings. The summed E-state index contributed by atoms with van der Waals surface area (Å²) in [5.74, 6) is -0.564. The summed E-state index contributed by atoms with van der Waals surface area (Å²) in [6.45, 7) is 0.597. The molecule has 122 valence electrons. The minimum absolute atomic E-state index is 0.115. The zero-order valence-corrected chi connectivity index (χ0v) is 12.0. The highest BCUT2D eigenvalue weighted by Crippen LogP contribution is 2.23. The third-order valence-electron chi connectivity index (χ3n) is 3.71. The number of piperidine rings is 1. The van der Waals surface area contributed by atoms with Gasteiger partial charge in [-0.05, 0) is 25.2 Å². The number of carboxylic acid groups (broad SMARTS) is 1. The van der Waals surface area contributed by atoms with E-state index in [4.69, 9.17) is 5.11 Å². The van der Waals surface area contributed by atoms with Crippen LogP contribution in [0.4, 0.5) is 18.0 Å². The van der Waals surface area contributed by atoms with E-state index in [1.165, 1.54) is 11.9 Å². The second kappa shape index (κ2) is 7.51. The summed E-state index contributed by atoms with van der Waals surface area (Å²) < 4.78 is 36.4. The largest absolute Gasteiger partial charge is 0.481 e. The number of hydrogen-bond acceptors (Lipinski definition) is 2. The average molecular weight is 310 g/mol. The molecule has 1 saturated heterocycles. The smallest absolute Gasteiger partial charge is 0.390 e. The van der Waals surface area contributed by atoms with E-state index in [1.807, 2.05) is 0 Å². The van der Waals surface area contributed by atoms with Gasteiger partial charge in [0.2, 0.25) is 0 Å². The number of aliphatic carboxylic acids is 1. The molecule has 1 fully saturated rings. The van der Waals surface area contributed by atoms with Crippen LogP contribution in [0.25, 0.3) is 0 Å². The highest BCUT2D eigenvalue weighted by atomic mass is 19.4. The summed E-state index contributed by atoms with van der Waals surface area (Å²) in [5, 5.41) is 8.62. The summed E-state index contributed by atoms with van der Waals surface area (Å²) in [7, 11) is 1.37. The molecule has 0 radical (unpaired) electrons. The zero-order chi connectivity index (χ0) is 16.0. The number of nitrogens with zero attached hydrogens (tertiary/aromatic N) is 2. The summed E-state index contributed by atoms with van der Waals surface area (Å²) in [6.07, 6.45) is -3.17. The molecule has 5 nitrogen and oxygen atoms in total. The molecule has 0 aliphatic carbocycles. The number of rotatable bonds is 5. The van der Waals surface area contributed by atoms with Gasteiger partial charge in [0.15, 0.2) is 0 Å². The predicted octanol–water partition coefficient (Wildman–Crippen LogP) is 2.57. The van der Waals surface area contributed by atoms with Crippen molar-refractivity contribution in [2.75, 3.05) is 26.7 Å². The molecule has 0 spiro atoms. The summed E-state index contributed by atoms with van der Waals surface area (Å²) in [5.41, 5.74) is 0. The van der Waals surface area contributed by atoms with E-state index < -0.39 is 24.6 Å². The maximum atomic E-state index is 12.1. The van der Waals surface area contributed by atoms with Gasteiger partial charge < -0.3 is 14.9 Å². The summed E-state index contributed by atoms with van der Waals surface area (Å²) >= 11 is 0. The van der Waals surface area contributed by atoms with Gasteiger partial charge in [0, 0.05) is 33.1 Å². The lowest BCUT2D eigenvalue weighted by Crippen LogP contribution is -2.46. The van der Waals surface area contributed by atoms with E-state index in [9.17, 15) is 22.8 Å². The van der Waals surface area contributed by atoms with Crippen LogP contribution < -0.4 is 0 Å². The number of alkyl halides is 3. The van der Waals surface area contributed by atoms with Crippen LogP contribution in [0.15, 0.2) is 0 Å². The quantitative estimate of drug-likeness (QED) is 0.849. The number of hydrogen-bond donors (Lipinski definition) is 1. The third-order valence-corrected chi connectivity index (χ3v) is 3.71. The molecule has 1 heterocycles. The van der Waals surface area contributed by atoms with Gasteiger partial charge in [-0.2, -0.15) is 13.2 Å². The minimum atomic E-state index is -4.27. The molecule has 0 bridgehead atoms. The molecule has 0 atom stereocenters. The van der Waals surface area contributed by atoms with Gasteiger partial charge >= 0.3 is 18.2 Å². The van der Waals surface area contributed by atoms with Gasteiger partial charge in [0.1, 0.15) is 0 Å². The topological polar surface area (TPSA) is 60.9 Å². The van der Waals surface area contributed by atoms with Crippen molar-refractivity contribution in [2.24, 2.45) is 5.92 Å². The van der Waals surface area contributed by atoms with Crippen molar-refractivity contribution in [3.05, 3.63) is 0 Å². The number of amides is 2. The Hall–Kier alpha value is -1.47. The van der Waals surface area contributed by atoms with Crippen LogP contribution in [0.3, 0.4) is 0 Å². The Balaban J connectivity index is 2.32. The van der Waals surface area contributed by atoms with Crippen LogP contribution in [-0.4, -0.2) is 59.8 Å². The second-order valence-corrected chi connectivity index (χ2v) is 5.43. The van der Waals surface area contributed by atoms with Gasteiger partial charge in [-0.1, -0.05) is 0 Å². The molecule has 1 N–H and O–H groups in total. The van der Waals surface area contributed by atoms with Crippen LogP contribution in [0, 0.1) is 5.92 Å². The SMILES string of the molecule is CN(CCC(F)(F)F)C(=O)N1CCC(CCC(=O)O)CC1. The van der Waals surface area contributed by atoms with Gasteiger partial charge in [-0.15, -0.1) is 0 Å². The van der Waals surface area contributed by atoms with Crippen molar-refractivity contribution in [1.82, 2.24) is 9.80 Å². The number of carbonyl (C=O) groups excluding carboxylic acids is 1. The lowest BCUT2D eigenvalue weighted by atomic mass is 9.92. The molecular formula is C13H21F3N2O3. The lowest BCUT2D eigenvalue weighted by Gasteiger charge is -2.34. The molecule has 0 saturated carbocycles. The fourth-order valence-electron chi connectivity index (χ4n) is 2.37. The molecule has 1 rings (SSSR count). The summed E-state index contributed by atoms with van der Waals surface area (Å²) in [6, 6.07) is -0.393. The minimum Gasteiger partial charge on any atom is -0.481 e. The number of halogens is 3. The molecule has 1 aliphatic heterocycles. The molecule has 0 aromatic carbocycles. The highest BCUT2D eigenvalue weighted by molar-refractivity contribution is 5.74. The maximum absolute atomic E-state index is 12.1. The van der Waals surface area contributed by atoms with Gasteiger partial charge in [0.05, 0.1) is 6.42 Å². The Morgan fingerprint density at radius 2 is 1.86 bits per heavy atom. The van der Waals surface area contributed by atoms with E-state index in [1.54, 1.807) is 0 Å². The standard InChI is InChI=1S/C13H21F3N2O3/c1-17(9-6-13(14,15)16)12(21)18-7-4-10(5-8-18)2-3-11(19)20/h10H,2-9H2,1H3,(H,19,20). The molecule has 2 amide bonds.